The van der Waals surface area contributed by atoms with Gasteiger partial charge in [-0.2, -0.15) is 5.10 Å². The molecule has 0 saturated carbocycles. The highest BCUT2D eigenvalue weighted by Crippen LogP contribution is 2.23. The maximum atomic E-state index is 10.5. The third-order valence-corrected chi connectivity index (χ3v) is 2.25. The molecule has 4 nitrogen and oxygen atoms in total. The maximum Gasteiger partial charge on any atom is 0.309 e. The van der Waals surface area contributed by atoms with E-state index >= 15 is 0 Å². The van der Waals surface area contributed by atoms with Crippen LogP contribution in [0.2, 0.25) is 5.02 Å². The van der Waals surface area contributed by atoms with Crippen LogP contribution in [0.15, 0.2) is 18.2 Å². The molecule has 0 aliphatic rings. The van der Waals surface area contributed by atoms with Gasteiger partial charge in [-0.25, -0.2) is 0 Å². The predicted octanol–water partition coefficient (Wildman–Crippen LogP) is 1.84. The highest BCUT2D eigenvalue weighted by molar-refractivity contribution is 6.35. The molecule has 0 aliphatic carbocycles. The summed E-state index contributed by atoms with van der Waals surface area (Å²) in [6.45, 7) is 0. The Morgan fingerprint density at radius 1 is 1.57 bits per heavy atom. The highest BCUT2D eigenvalue weighted by atomic mass is 35.5. The van der Waals surface area contributed by atoms with E-state index < -0.39 is 5.97 Å². The van der Waals surface area contributed by atoms with Gasteiger partial charge in [0.15, 0.2) is 0 Å². The van der Waals surface area contributed by atoms with Gasteiger partial charge in [0, 0.05) is 5.39 Å². The third-order valence-electron chi connectivity index (χ3n) is 1.94. The quantitative estimate of drug-likeness (QED) is 0.795. The van der Waals surface area contributed by atoms with Gasteiger partial charge in [0.25, 0.3) is 0 Å². The number of benzene rings is 1. The summed E-state index contributed by atoms with van der Waals surface area (Å²) in [5.74, 6) is -0.893. The average Bonchev–Trinajstić information content (AvgIpc) is 2.49. The molecule has 2 aromatic rings. The lowest BCUT2D eigenvalue weighted by molar-refractivity contribution is -0.136. The number of nitrogens with zero attached hydrogens (tertiary/aromatic N) is 1. The van der Waals surface area contributed by atoms with Crippen molar-refractivity contribution in [1.29, 1.82) is 0 Å². The number of aromatic nitrogens is 2. The number of nitrogens with one attached hydrogen (secondary N) is 1. The van der Waals surface area contributed by atoms with Crippen LogP contribution in [-0.4, -0.2) is 21.3 Å². The van der Waals surface area contributed by atoms with Gasteiger partial charge in [0.2, 0.25) is 0 Å². The minimum atomic E-state index is -0.893. The number of carbonyl (C=O) groups is 1. The van der Waals surface area contributed by atoms with Gasteiger partial charge < -0.3 is 5.11 Å². The molecule has 0 amide bonds. The van der Waals surface area contributed by atoms with Crippen LogP contribution in [0.5, 0.6) is 0 Å². The van der Waals surface area contributed by atoms with Crippen molar-refractivity contribution in [2.45, 2.75) is 6.42 Å². The van der Waals surface area contributed by atoms with E-state index in [0.29, 0.717) is 16.2 Å². The van der Waals surface area contributed by atoms with Crippen LogP contribution in [0.1, 0.15) is 5.69 Å². The van der Waals surface area contributed by atoms with Crippen molar-refractivity contribution in [3.63, 3.8) is 0 Å². The summed E-state index contributed by atoms with van der Waals surface area (Å²) in [6.07, 6.45) is -0.0726. The largest absolute Gasteiger partial charge is 0.481 e. The molecular weight excluding hydrogens is 204 g/mol. The minimum Gasteiger partial charge on any atom is -0.481 e. The van der Waals surface area contributed by atoms with Gasteiger partial charge in [0.05, 0.1) is 17.1 Å². The van der Waals surface area contributed by atoms with Gasteiger partial charge in [-0.05, 0) is 6.07 Å². The molecule has 0 aliphatic heterocycles. The zero-order valence-electron chi connectivity index (χ0n) is 7.12. The van der Waals surface area contributed by atoms with E-state index in [1.165, 1.54) is 0 Å². The van der Waals surface area contributed by atoms with Gasteiger partial charge in [-0.15, -0.1) is 0 Å². The van der Waals surface area contributed by atoms with Crippen molar-refractivity contribution in [3.8, 4) is 0 Å². The number of para-hydroxylation sites is 1. The second-order valence-corrected chi connectivity index (χ2v) is 3.32. The fraction of sp³-hybridized carbons (Fsp3) is 0.111. The van der Waals surface area contributed by atoms with E-state index in [2.05, 4.69) is 10.2 Å². The van der Waals surface area contributed by atoms with Crippen LogP contribution in [0.3, 0.4) is 0 Å². The summed E-state index contributed by atoms with van der Waals surface area (Å²) in [7, 11) is 0. The Hall–Kier alpha value is -1.55. The Morgan fingerprint density at radius 2 is 2.36 bits per heavy atom. The molecule has 2 N–H and O–H groups in total. The molecule has 72 valence electrons. The first kappa shape index (κ1) is 9.02. The molecule has 1 heterocycles. The predicted molar refractivity (Wildman–Crippen MR) is 52.4 cm³/mol. The number of hydrogen-bond donors (Lipinski definition) is 2. The molecule has 5 heteroatoms. The summed E-state index contributed by atoms with van der Waals surface area (Å²) in [5.41, 5.74) is 1.19. The van der Waals surface area contributed by atoms with Crippen molar-refractivity contribution in [2.75, 3.05) is 0 Å². The van der Waals surface area contributed by atoms with Gasteiger partial charge >= 0.3 is 5.97 Å². The van der Waals surface area contributed by atoms with Crippen molar-refractivity contribution in [3.05, 3.63) is 28.9 Å². The van der Waals surface area contributed by atoms with Gasteiger partial charge in [0.1, 0.15) is 5.52 Å². The SMILES string of the molecule is O=C(O)Cc1[nH]nc2c(Cl)cccc12. The van der Waals surface area contributed by atoms with Crippen molar-refractivity contribution < 1.29 is 9.90 Å². The first-order valence-corrected chi connectivity index (χ1v) is 4.39. The molecule has 1 aromatic heterocycles. The van der Waals surface area contributed by atoms with E-state index in [0.717, 1.165) is 5.39 Å². The van der Waals surface area contributed by atoms with E-state index in [-0.39, 0.29) is 6.42 Å². The Bertz CT molecular complexity index is 493. The Morgan fingerprint density at radius 3 is 3.07 bits per heavy atom. The Labute approximate surface area is 84.5 Å². The molecule has 0 saturated heterocycles. The van der Waals surface area contributed by atoms with Gasteiger partial charge in [-0.1, -0.05) is 23.7 Å². The molecule has 0 unspecified atom stereocenters. The Kier molecular flexibility index (Phi) is 2.13. The van der Waals surface area contributed by atoms with Crippen LogP contribution >= 0.6 is 11.6 Å². The number of carboxylic acid groups (broad SMARTS) is 1. The number of halogens is 1. The average molecular weight is 211 g/mol. The standard InChI is InChI=1S/C9H7ClN2O2/c10-6-3-1-2-5-7(4-8(13)14)11-12-9(5)6/h1-3H,4H2,(H,11,12)(H,13,14). The molecule has 0 fully saturated rings. The second-order valence-electron chi connectivity index (χ2n) is 2.91. The molecule has 0 spiro atoms. The van der Waals surface area contributed by atoms with E-state index in [1.807, 2.05) is 0 Å². The number of aromatic amines is 1. The second kappa shape index (κ2) is 3.31. The van der Waals surface area contributed by atoms with E-state index in [4.69, 9.17) is 16.7 Å². The fourth-order valence-corrected chi connectivity index (χ4v) is 1.56. The van der Waals surface area contributed by atoms with Crippen molar-refractivity contribution in [2.24, 2.45) is 0 Å². The topological polar surface area (TPSA) is 66.0 Å². The number of aliphatic carboxylic acids is 1. The summed E-state index contributed by atoms with van der Waals surface area (Å²) in [4.78, 5) is 10.5. The molecule has 1 aromatic carbocycles. The number of hydrogen-bond acceptors (Lipinski definition) is 2. The molecular formula is C9H7ClN2O2. The first-order valence-electron chi connectivity index (χ1n) is 4.02. The lowest BCUT2D eigenvalue weighted by Gasteiger charge is -1.93. The molecule has 2 rings (SSSR count). The zero-order chi connectivity index (χ0) is 10.1. The number of fused-ring (bicyclic) bond motifs is 1. The van der Waals surface area contributed by atoms with Crippen molar-refractivity contribution in [1.82, 2.24) is 10.2 Å². The van der Waals surface area contributed by atoms with Crippen LogP contribution in [0, 0.1) is 0 Å². The molecule has 0 bridgehead atoms. The summed E-state index contributed by atoms with van der Waals surface area (Å²) < 4.78 is 0. The highest BCUT2D eigenvalue weighted by Gasteiger charge is 2.10. The normalized spacial score (nSPS) is 10.6. The summed E-state index contributed by atoms with van der Waals surface area (Å²) in [5, 5.41) is 16.5. The first-order chi connectivity index (χ1) is 6.68. The maximum absolute atomic E-state index is 10.5. The summed E-state index contributed by atoms with van der Waals surface area (Å²) >= 11 is 5.88. The van der Waals surface area contributed by atoms with E-state index in [9.17, 15) is 4.79 Å². The molecule has 14 heavy (non-hydrogen) atoms. The lowest BCUT2D eigenvalue weighted by atomic mass is 10.2. The van der Waals surface area contributed by atoms with Crippen LogP contribution in [0.25, 0.3) is 10.9 Å². The Balaban J connectivity index is 2.58. The smallest absolute Gasteiger partial charge is 0.309 e. The van der Waals surface area contributed by atoms with Gasteiger partial charge in [-0.3, -0.25) is 9.89 Å². The van der Waals surface area contributed by atoms with Crippen LogP contribution in [0.4, 0.5) is 0 Å². The fourth-order valence-electron chi connectivity index (χ4n) is 1.34. The third kappa shape index (κ3) is 1.44. The van der Waals surface area contributed by atoms with Crippen LogP contribution in [-0.2, 0) is 11.2 Å². The minimum absolute atomic E-state index is 0.0726. The molecule has 0 radical (unpaired) electrons. The van der Waals surface area contributed by atoms with E-state index in [1.54, 1.807) is 18.2 Å². The molecule has 0 atom stereocenters. The number of rotatable bonds is 2. The monoisotopic (exact) mass is 210 g/mol. The number of H-pyrrole nitrogens is 1. The number of carboxylic acids is 1. The lowest BCUT2D eigenvalue weighted by Crippen LogP contribution is -2.00. The van der Waals surface area contributed by atoms with Crippen LogP contribution < -0.4 is 0 Å². The van der Waals surface area contributed by atoms with Crippen molar-refractivity contribution >= 4 is 28.5 Å². The summed E-state index contributed by atoms with van der Waals surface area (Å²) in [6, 6.07) is 5.28. The zero-order valence-corrected chi connectivity index (χ0v) is 7.88.